The monoisotopic (exact) mass is 447 g/mol. The van der Waals surface area contributed by atoms with Crippen LogP contribution in [0.15, 0.2) is 72.8 Å². The molecule has 0 spiro atoms. The Kier molecular flexibility index (Phi) is 5.73. The van der Waals surface area contributed by atoms with Crippen molar-refractivity contribution in [2.75, 3.05) is 18.0 Å². The summed E-state index contributed by atoms with van der Waals surface area (Å²) in [5, 5.41) is 3.85. The lowest BCUT2D eigenvalue weighted by Crippen LogP contribution is -2.53. The molecule has 1 aromatic heterocycles. The number of benzene rings is 3. The highest BCUT2D eigenvalue weighted by Crippen LogP contribution is 2.33. The maximum Gasteiger partial charge on any atom is 0.226 e. The van der Waals surface area contributed by atoms with Crippen LogP contribution in [0.4, 0.5) is 9.52 Å². The third-order valence-electron chi connectivity index (χ3n) is 5.50. The second-order valence-electron chi connectivity index (χ2n) is 7.85. The van der Waals surface area contributed by atoms with Crippen LogP contribution in [0, 0.1) is 11.7 Å². The van der Waals surface area contributed by atoms with Crippen LogP contribution in [0.3, 0.4) is 0 Å². The van der Waals surface area contributed by atoms with E-state index in [9.17, 15) is 9.18 Å². The second kappa shape index (κ2) is 8.96. The Hall–Kier alpha value is -3.45. The Labute approximate surface area is 189 Å². The van der Waals surface area contributed by atoms with Crippen molar-refractivity contribution in [2.24, 2.45) is 5.92 Å². The SMILES string of the molecule is O=C(NCc1ccc(OCc2ccccc2)cc1)C1CN(c2nc3ccc(F)cc3s2)C1. The topological polar surface area (TPSA) is 54.5 Å². The van der Waals surface area contributed by atoms with Crippen LogP contribution in [-0.4, -0.2) is 24.0 Å². The fraction of sp³-hybridized carbons (Fsp3) is 0.200. The Morgan fingerprint density at radius 1 is 1.06 bits per heavy atom. The number of fused-ring (bicyclic) bond motifs is 1. The minimum absolute atomic E-state index is 0.0396. The van der Waals surface area contributed by atoms with Crippen molar-refractivity contribution in [3.63, 3.8) is 0 Å². The van der Waals surface area contributed by atoms with E-state index < -0.39 is 0 Å². The summed E-state index contributed by atoms with van der Waals surface area (Å²) in [6.45, 7) is 2.26. The summed E-state index contributed by atoms with van der Waals surface area (Å²) in [6.07, 6.45) is 0. The van der Waals surface area contributed by atoms with Gasteiger partial charge in [0.2, 0.25) is 5.91 Å². The maximum atomic E-state index is 13.4. The Balaban J connectivity index is 1.08. The highest BCUT2D eigenvalue weighted by Gasteiger charge is 2.34. The molecule has 1 saturated heterocycles. The first-order chi connectivity index (χ1) is 15.6. The smallest absolute Gasteiger partial charge is 0.226 e. The Morgan fingerprint density at radius 2 is 1.84 bits per heavy atom. The molecule has 0 unspecified atom stereocenters. The molecule has 162 valence electrons. The van der Waals surface area contributed by atoms with Gasteiger partial charge in [0, 0.05) is 19.6 Å². The molecule has 5 rings (SSSR count). The molecule has 1 aliphatic heterocycles. The number of thiazole rings is 1. The number of carbonyl (C=O) groups excluding carboxylic acids is 1. The zero-order valence-electron chi connectivity index (χ0n) is 17.3. The molecule has 4 aromatic rings. The van der Waals surface area contributed by atoms with Crippen LogP contribution in [0.1, 0.15) is 11.1 Å². The third-order valence-corrected chi connectivity index (χ3v) is 6.58. The lowest BCUT2D eigenvalue weighted by Gasteiger charge is -2.37. The van der Waals surface area contributed by atoms with E-state index in [4.69, 9.17) is 4.74 Å². The van der Waals surface area contributed by atoms with Gasteiger partial charge in [0.25, 0.3) is 0 Å². The largest absolute Gasteiger partial charge is 0.489 e. The van der Waals surface area contributed by atoms with Gasteiger partial charge >= 0.3 is 0 Å². The zero-order valence-corrected chi connectivity index (χ0v) is 18.1. The van der Waals surface area contributed by atoms with Crippen molar-refractivity contribution in [1.82, 2.24) is 10.3 Å². The normalized spacial score (nSPS) is 13.7. The highest BCUT2D eigenvalue weighted by atomic mass is 32.1. The summed E-state index contributed by atoms with van der Waals surface area (Å²) in [5.41, 5.74) is 2.93. The van der Waals surface area contributed by atoms with Crippen LogP contribution < -0.4 is 15.0 Å². The van der Waals surface area contributed by atoms with E-state index >= 15 is 0 Å². The quantitative estimate of drug-likeness (QED) is 0.444. The van der Waals surface area contributed by atoms with Gasteiger partial charge in [0.05, 0.1) is 16.1 Å². The number of anilines is 1. The number of nitrogens with zero attached hydrogens (tertiary/aromatic N) is 2. The zero-order chi connectivity index (χ0) is 21.9. The van der Waals surface area contributed by atoms with Crippen LogP contribution in [0.25, 0.3) is 10.2 Å². The minimum Gasteiger partial charge on any atom is -0.489 e. The minimum atomic E-state index is -0.260. The summed E-state index contributed by atoms with van der Waals surface area (Å²) in [7, 11) is 0. The fourth-order valence-electron chi connectivity index (χ4n) is 3.60. The number of ether oxygens (including phenoxy) is 1. The maximum absolute atomic E-state index is 13.4. The number of nitrogens with one attached hydrogen (secondary N) is 1. The van der Waals surface area contributed by atoms with Crippen LogP contribution >= 0.6 is 11.3 Å². The van der Waals surface area contributed by atoms with Gasteiger partial charge in [-0.1, -0.05) is 53.8 Å². The number of aromatic nitrogens is 1. The average Bonchev–Trinajstić information content (AvgIpc) is 3.19. The molecule has 0 atom stereocenters. The van der Waals surface area contributed by atoms with Crippen molar-refractivity contribution < 1.29 is 13.9 Å². The van der Waals surface area contributed by atoms with Gasteiger partial charge < -0.3 is 15.0 Å². The molecular formula is C25H22FN3O2S. The van der Waals surface area contributed by atoms with Gasteiger partial charge in [-0.15, -0.1) is 0 Å². The van der Waals surface area contributed by atoms with E-state index in [1.54, 1.807) is 6.07 Å². The first-order valence-electron chi connectivity index (χ1n) is 10.5. The van der Waals surface area contributed by atoms with Crippen molar-refractivity contribution >= 4 is 32.6 Å². The molecule has 3 aromatic carbocycles. The number of rotatable bonds is 7. The molecule has 1 aliphatic rings. The molecule has 32 heavy (non-hydrogen) atoms. The lowest BCUT2D eigenvalue weighted by atomic mass is 10.00. The van der Waals surface area contributed by atoms with Crippen molar-refractivity contribution in [2.45, 2.75) is 13.2 Å². The second-order valence-corrected chi connectivity index (χ2v) is 8.86. The number of hydrogen-bond acceptors (Lipinski definition) is 5. The van der Waals surface area contributed by atoms with Crippen molar-refractivity contribution in [3.8, 4) is 5.75 Å². The number of hydrogen-bond donors (Lipinski definition) is 1. The number of halogens is 1. The lowest BCUT2D eigenvalue weighted by molar-refractivity contribution is -0.125. The third kappa shape index (κ3) is 4.57. The average molecular weight is 448 g/mol. The predicted molar refractivity (Wildman–Crippen MR) is 124 cm³/mol. The molecule has 0 bridgehead atoms. The first kappa shape index (κ1) is 20.5. The van der Waals surface area contributed by atoms with Crippen LogP contribution in [-0.2, 0) is 17.9 Å². The molecule has 0 radical (unpaired) electrons. The molecule has 0 aliphatic carbocycles. The predicted octanol–water partition coefficient (Wildman–Crippen LogP) is 4.77. The first-order valence-corrected chi connectivity index (χ1v) is 11.3. The van der Waals surface area contributed by atoms with Gasteiger partial charge in [-0.25, -0.2) is 9.37 Å². The van der Waals surface area contributed by atoms with Gasteiger partial charge in [-0.2, -0.15) is 0 Å². The van der Waals surface area contributed by atoms with E-state index in [0.717, 1.165) is 32.2 Å². The van der Waals surface area contributed by atoms with Gasteiger partial charge in [-0.3, -0.25) is 4.79 Å². The number of carbonyl (C=O) groups is 1. The Bertz CT molecular complexity index is 1220. The van der Waals surface area contributed by atoms with Gasteiger partial charge in [0.1, 0.15) is 18.2 Å². The van der Waals surface area contributed by atoms with Crippen molar-refractivity contribution in [3.05, 3.63) is 89.7 Å². The van der Waals surface area contributed by atoms with E-state index in [1.807, 2.05) is 54.6 Å². The van der Waals surface area contributed by atoms with E-state index in [1.165, 1.54) is 23.5 Å². The van der Waals surface area contributed by atoms with E-state index in [2.05, 4.69) is 15.2 Å². The molecular weight excluding hydrogens is 425 g/mol. The molecule has 2 heterocycles. The molecule has 1 N–H and O–H groups in total. The van der Waals surface area contributed by atoms with Crippen LogP contribution in [0.5, 0.6) is 5.75 Å². The summed E-state index contributed by atoms with van der Waals surface area (Å²) in [4.78, 5) is 19.1. The standard InChI is InChI=1S/C25H22FN3O2S/c26-20-8-11-22-23(12-20)32-25(28-22)29-14-19(15-29)24(30)27-13-17-6-9-21(10-7-17)31-16-18-4-2-1-3-5-18/h1-12,19H,13-16H2,(H,27,30). The number of amides is 1. The van der Waals surface area contributed by atoms with E-state index in [-0.39, 0.29) is 17.6 Å². The summed E-state index contributed by atoms with van der Waals surface area (Å²) < 4.78 is 20.0. The molecule has 0 saturated carbocycles. The summed E-state index contributed by atoms with van der Waals surface area (Å²) in [5.74, 6) is 0.517. The van der Waals surface area contributed by atoms with E-state index in [0.29, 0.717) is 26.2 Å². The molecule has 5 nitrogen and oxygen atoms in total. The van der Waals surface area contributed by atoms with Crippen molar-refractivity contribution in [1.29, 1.82) is 0 Å². The Morgan fingerprint density at radius 3 is 2.62 bits per heavy atom. The summed E-state index contributed by atoms with van der Waals surface area (Å²) in [6, 6.07) is 22.4. The molecule has 7 heteroatoms. The highest BCUT2D eigenvalue weighted by molar-refractivity contribution is 7.22. The van der Waals surface area contributed by atoms with Gasteiger partial charge in [-0.05, 0) is 41.5 Å². The van der Waals surface area contributed by atoms with Gasteiger partial charge in [0.15, 0.2) is 5.13 Å². The van der Waals surface area contributed by atoms with Crippen LogP contribution in [0.2, 0.25) is 0 Å². The summed E-state index contributed by atoms with van der Waals surface area (Å²) >= 11 is 1.45. The molecule has 1 fully saturated rings. The fourth-order valence-corrected chi connectivity index (χ4v) is 4.61. The molecule has 1 amide bonds.